The molecular weight excluding hydrogens is 333 g/mol. The van der Waals surface area contributed by atoms with E-state index < -0.39 is 17.3 Å². The summed E-state index contributed by atoms with van der Waals surface area (Å²) in [6.07, 6.45) is -4.57. The Kier molecular flexibility index (Phi) is 4.00. The number of aromatic nitrogens is 2. The number of nitrogens with zero attached hydrogens (tertiary/aromatic N) is 1. The molecule has 1 aromatic heterocycles. The maximum atomic E-state index is 12.8. The van der Waals surface area contributed by atoms with E-state index in [-0.39, 0.29) is 11.7 Å². The van der Waals surface area contributed by atoms with Gasteiger partial charge in [0.2, 0.25) is 0 Å². The Morgan fingerprint density at radius 3 is 2.52 bits per heavy atom. The van der Waals surface area contributed by atoms with Crippen molar-refractivity contribution in [1.82, 2.24) is 9.97 Å². The number of fused-ring (bicyclic) bond motifs is 1. The summed E-state index contributed by atoms with van der Waals surface area (Å²) in [5.41, 5.74) is 0.841. The minimum absolute atomic E-state index is 0.244. The highest BCUT2D eigenvalue weighted by Gasteiger charge is 2.33. The molecule has 0 aliphatic rings. The number of H-pyrrole nitrogens is 2. The first-order chi connectivity index (χ1) is 11.8. The van der Waals surface area contributed by atoms with Gasteiger partial charge in [0.25, 0.3) is 0 Å². The second-order valence-corrected chi connectivity index (χ2v) is 5.62. The van der Waals surface area contributed by atoms with Gasteiger partial charge in [-0.05, 0) is 42.8 Å². The standard InChI is InChI=1S/C17H13F3N4O/c1-9(10-2-5-14-15(7-10)24-16(25)23-14)22-12-3-4-13(17(18,19)20)11(6-12)8-21/h2-7,9,22H,1H3,(H2,23,24,25). The van der Waals surface area contributed by atoms with E-state index in [4.69, 9.17) is 5.26 Å². The van der Waals surface area contributed by atoms with Crippen LogP contribution in [0.1, 0.15) is 29.7 Å². The van der Waals surface area contributed by atoms with Crippen LogP contribution in [0.25, 0.3) is 11.0 Å². The molecule has 3 N–H and O–H groups in total. The van der Waals surface area contributed by atoms with Crippen molar-refractivity contribution in [2.75, 3.05) is 5.32 Å². The molecule has 0 aliphatic heterocycles. The summed E-state index contributed by atoms with van der Waals surface area (Å²) in [6.45, 7) is 1.83. The van der Waals surface area contributed by atoms with Crippen LogP contribution in [0, 0.1) is 11.3 Å². The van der Waals surface area contributed by atoms with Gasteiger partial charge in [0, 0.05) is 11.7 Å². The van der Waals surface area contributed by atoms with E-state index in [0.717, 1.165) is 11.6 Å². The fourth-order valence-corrected chi connectivity index (χ4v) is 2.63. The molecule has 1 unspecified atom stereocenters. The molecule has 0 saturated carbocycles. The highest BCUT2D eigenvalue weighted by Crippen LogP contribution is 2.33. The van der Waals surface area contributed by atoms with E-state index in [9.17, 15) is 18.0 Å². The van der Waals surface area contributed by atoms with Gasteiger partial charge in [0.1, 0.15) is 0 Å². The van der Waals surface area contributed by atoms with Crippen molar-refractivity contribution >= 4 is 16.7 Å². The van der Waals surface area contributed by atoms with E-state index in [1.807, 2.05) is 6.92 Å². The van der Waals surface area contributed by atoms with Crippen molar-refractivity contribution in [3.8, 4) is 6.07 Å². The minimum atomic E-state index is -4.57. The molecule has 0 bridgehead atoms. The number of nitrogens with one attached hydrogen (secondary N) is 3. The van der Waals surface area contributed by atoms with Crippen molar-refractivity contribution in [1.29, 1.82) is 5.26 Å². The largest absolute Gasteiger partial charge is 0.417 e. The topological polar surface area (TPSA) is 84.5 Å². The quantitative estimate of drug-likeness (QED) is 0.672. The van der Waals surface area contributed by atoms with Gasteiger partial charge in [-0.15, -0.1) is 0 Å². The predicted molar refractivity (Wildman–Crippen MR) is 87.1 cm³/mol. The molecule has 0 saturated heterocycles. The van der Waals surface area contributed by atoms with Gasteiger partial charge < -0.3 is 15.3 Å². The van der Waals surface area contributed by atoms with Gasteiger partial charge in [0.15, 0.2) is 0 Å². The van der Waals surface area contributed by atoms with Crippen LogP contribution in [0.3, 0.4) is 0 Å². The Morgan fingerprint density at radius 1 is 1.12 bits per heavy atom. The molecule has 3 rings (SSSR count). The third-order valence-electron chi connectivity index (χ3n) is 3.87. The lowest BCUT2D eigenvalue weighted by Crippen LogP contribution is -2.10. The van der Waals surface area contributed by atoms with Crippen LogP contribution in [-0.2, 0) is 6.18 Å². The highest BCUT2D eigenvalue weighted by molar-refractivity contribution is 5.75. The fraction of sp³-hybridized carbons (Fsp3) is 0.176. The second-order valence-electron chi connectivity index (χ2n) is 5.62. The van der Waals surface area contributed by atoms with Crippen LogP contribution in [-0.4, -0.2) is 9.97 Å². The first-order valence-corrected chi connectivity index (χ1v) is 7.38. The molecule has 1 heterocycles. The molecule has 0 fully saturated rings. The molecule has 0 aliphatic carbocycles. The second kappa shape index (κ2) is 6.02. The zero-order valence-electron chi connectivity index (χ0n) is 13.0. The highest BCUT2D eigenvalue weighted by atomic mass is 19.4. The first kappa shape index (κ1) is 16.6. The van der Waals surface area contributed by atoms with E-state index in [1.54, 1.807) is 24.3 Å². The van der Waals surface area contributed by atoms with Crippen LogP contribution >= 0.6 is 0 Å². The lowest BCUT2D eigenvalue weighted by Gasteiger charge is -2.17. The third kappa shape index (κ3) is 3.35. The molecule has 2 aromatic carbocycles. The molecule has 8 heteroatoms. The molecule has 0 amide bonds. The van der Waals surface area contributed by atoms with Crippen LogP contribution in [0.4, 0.5) is 18.9 Å². The average Bonchev–Trinajstić information content (AvgIpc) is 2.92. The van der Waals surface area contributed by atoms with E-state index in [2.05, 4.69) is 15.3 Å². The Bertz CT molecular complexity index is 1030. The number of hydrogen-bond acceptors (Lipinski definition) is 3. The maximum absolute atomic E-state index is 12.8. The number of nitriles is 1. The Hall–Kier alpha value is -3.21. The number of benzene rings is 2. The third-order valence-corrected chi connectivity index (χ3v) is 3.87. The summed E-state index contributed by atoms with van der Waals surface area (Å²) in [5.74, 6) is 0. The molecule has 128 valence electrons. The van der Waals surface area contributed by atoms with E-state index in [1.165, 1.54) is 12.1 Å². The Balaban J connectivity index is 1.88. The number of aromatic amines is 2. The van der Waals surface area contributed by atoms with Crippen molar-refractivity contribution in [3.63, 3.8) is 0 Å². The maximum Gasteiger partial charge on any atom is 0.417 e. The van der Waals surface area contributed by atoms with E-state index >= 15 is 0 Å². The van der Waals surface area contributed by atoms with Gasteiger partial charge in [-0.3, -0.25) is 0 Å². The van der Waals surface area contributed by atoms with Crippen LogP contribution in [0.2, 0.25) is 0 Å². The van der Waals surface area contributed by atoms with Gasteiger partial charge in [-0.25, -0.2) is 4.79 Å². The normalized spacial score (nSPS) is 12.8. The number of imidazole rings is 1. The molecule has 3 aromatic rings. The number of alkyl halides is 3. The van der Waals surface area contributed by atoms with Crippen LogP contribution in [0.15, 0.2) is 41.2 Å². The van der Waals surface area contributed by atoms with Crippen molar-refractivity contribution < 1.29 is 13.2 Å². The summed E-state index contributed by atoms with van der Waals surface area (Å²) in [5, 5.41) is 12.0. The van der Waals surface area contributed by atoms with Gasteiger partial charge in [-0.1, -0.05) is 6.07 Å². The van der Waals surface area contributed by atoms with Crippen molar-refractivity contribution in [2.45, 2.75) is 19.1 Å². The van der Waals surface area contributed by atoms with Gasteiger partial charge in [0.05, 0.1) is 28.2 Å². The predicted octanol–water partition coefficient (Wildman–Crippen LogP) is 3.92. The van der Waals surface area contributed by atoms with E-state index in [0.29, 0.717) is 16.7 Å². The Labute approximate surface area is 140 Å². The average molecular weight is 346 g/mol. The molecule has 0 spiro atoms. The van der Waals surface area contributed by atoms with Gasteiger partial charge in [-0.2, -0.15) is 18.4 Å². The fourth-order valence-electron chi connectivity index (χ4n) is 2.63. The lowest BCUT2D eigenvalue weighted by atomic mass is 10.0. The zero-order valence-corrected chi connectivity index (χ0v) is 13.0. The SMILES string of the molecule is CC(Nc1ccc(C(F)(F)F)c(C#N)c1)c1ccc2[nH]c(=O)[nH]c2c1. The first-order valence-electron chi connectivity index (χ1n) is 7.38. The minimum Gasteiger partial charge on any atom is -0.378 e. The molecular formula is C17H13F3N4O. The number of rotatable bonds is 3. The monoisotopic (exact) mass is 346 g/mol. The van der Waals surface area contributed by atoms with Crippen molar-refractivity contribution in [2.24, 2.45) is 0 Å². The Morgan fingerprint density at radius 2 is 1.84 bits per heavy atom. The summed E-state index contributed by atoms with van der Waals surface area (Å²) in [6, 6.07) is 10.0. The number of halogens is 3. The number of anilines is 1. The molecule has 5 nitrogen and oxygen atoms in total. The zero-order chi connectivity index (χ0) is 18.2. The summed E-state index contributed by atoms with van der Waals surface area (Å²) in [7, 11) is 0. The van der Waals surface area contributed by atoms with Gasteiger partial charge >= 0.3 is 11.9 Å². The summed E-state index contributed by atoms with van der Waals surface area (Å²) < 4.78 is 38.5. The molecule has 25 heavy (non-hydrogen) atoms. The smallest absolute Gasteiger partial charge is 0.378 e. The lowest BCUT2D eigenvalue weighted by molar-refractivity contribution is -0.137. The summed E-state index contributed by atoms with van der Waals surface area (Å²) in [4.78, 5) is 16.6. The van der Waals surface area contributed by atoms with Crippen LogP contribution < -0.4 is 11.0 Å². The number of hydrogen-bond donors (Lipinski definition) is 3. The van der Waals surface area contributed by atoms with Crippen LogP contribution in [0.5, 0.6) is 0 Å². The van der Waals surface area contributed by atoms with Crippen molar-refractivity contribution in [3.05, 3.63) is 63.6 Å². The summed E-state index contributed by atoms with van der Waals surface area (Å²) >= 11 is 0. The molecule has 0 radical (unpaired) electrons. The molecule has 1 atom stereocenters.